The maximum atomic E-state index is 12.3. The molecule has 0 aliphatic heterocycles. The number of halogens is 1. The molecule has 120 valence electrons. The minimum atomic E-state index is -3.41. The predicted molar refractivity (Wildman–Crippen MR) is 89.4 cm³/mol. The van der Waals surface area contributed by atoms with Crippen molar-refractivity contribution in [2.45, 2.75) is 50.8 Å². The highest BCUT2D eigenvalue weighted by Gasteiger charge is 2.16. The zero-order valence-electron chi connectivity index (χ0n) is 12.9. The summed E-state index contributed by atoms with van der Waals surface area (Å²) < 4.78 is 27.2. The number of unbranched alkanes of at least 4 members (excludes halogenated alkanes) is 1. The average molecular weight is 332 g/mol. The number of sulfonamides is 1. The van der Waals surface area contributed by atoms with Crippen LogP contribution >= 0.6 is 11.6 Å². The summed E-state index contributed by atoms with van der Waals surface area (Å²) in [6, 6.07) is 6.95. The Morgan fingerprint density at radius 3 is 2.38 bits per heavy atom. The fourth-order valence-corrected chi connectivity index (χ4v) is 3.53. The highest BCUT2D eigenvalue weighted by Crippen LogP contribution is 2.15. The molecule has 0 aromatic heterocycles. The summed E-state index contributed by atoms with van der Waals surface area (Å²) in [5.74, 6) is 0.954. The molecule has 1 rings (SSSR count). The van der Waals surface area contributed by atoms with Gasteiger partial charge in [-0.05, 0) is 36.5 Å². The Kier molecular flexibility index (Phi) is 8.30. The molecule has 0 radical (unpaired) electrons. The lowest BCUT2D eigenvalue weighted by Crippen LogP contribution is -2.29. The highest BCUT2D eigenvalue weighted by molar-refractivity contribution is 7.89. The van der Waals surface area contributed by atoms with Crippen LogP contribution in [0.2, 0.25) is 0 Å². The molecule has 0 amide bonds. The van der Waals surface area contributed by atoms with Gasteiger partial charge in [0.2, 0.25) is 10.0 Å². The molecule has 1 unspecified atom stereocenters. The molecular formula is C16H26ClNO2S. The minimum Gasteiger partial charge on any atom is -0.211 e. The third-order valence-corrected chi connectivity index (χ3v) is 5.35. The number of hydrogen-bond acceptors (Lipinski definition) is 2. The van der Waals surface area contributed by atoms with Crippen LogP contribution in [-0.2, 0) is 16.4 Å². The van der Waals surface area contributed by atoms with Gasteiger partial charge in [-0.1, -0.05) is 45.2 Å². The Labute approximate surface area is 134 Å². The van der Waals surface area contributed by atoms with Crippen molar-refractivity contribution in [1.29, 1.82) is 0 Å². The number of hydrogen-bond donors (Lipinski definition) is 1. The largest absolute Gasteiger partial charge is 0.240 e. The second-order valence-electron chi connectivity index (χ2n) is 5.35. The summed E-state index contributed by atoms with van der Waals surface area (Å²) in [4.78, 5) is 0.325. The molecule has 5 heteroatoms. The summed E-state index contributed by atoms with van der Waals surface area (Å²) >= 11 is 5.68. The minimum absolute atomic E-state index is 0.325. The molecule has 0 saturated carbocycles. The summed E-state index contributed by atoms with van der Waals surface area (Å²) in [5.41, 5.74) is 1.05. The van der Waals surface area contributed by atoms with Gasteiger partial charge < -0.3 is 0 Å². The maximum absolute atomic E-state index is 12.3. The first-order valence-electron chi connectivity index (χ1n) is 7.68. The van der Waals surface area contributed by atoms with E-state index in [1.54, 1.807) is 12.1 Å². The first-order valence-corrected chi connectivity index (χ1v) is 9.69. The molecule has 0 aliphatic carbocycles. The van der Waals surface area contributed by atoms with Crippen molar-refractivity contribution in [2.24, 2.45) is 5.92 Å². The number of nitrogens with one attached hydrogen (secondary N) is 1. The lowest BCUT2D eigenvalue weighted by Gasteiger charge is -2.15. The number of benzene rings is 1. The molecule has 1 aromatic rings. The van der Waals surface area contributed by atoms with Gasteiger partial charge in [-0.15, -0.1) is 11.6 Å². The van der Waals surface area contributed by atoms with Crippen molar-refractivity contribution in [3.05, 3.63) is 29.8 Å². The number of aryl methyl sites for hydroxylation is 1. The van der Waals surface area contributed by atoms with Gasteiger partial charge in [-0.2, -0.15) is 0 Å². The Morgan fingerprint density at radius 2 is 1.86 bits per heavy atom. The van der Waals surface area contributed by atoms with E-state index in [0.29, 0.717) is 23.2 Å². The van der Waals surface area contributed by atoms with E-state index in [4.69, 9.17) is 11.6 Å². The molecule has 0 aliphatic rings. The monoisotopic (exact) mass is 331 g/mol. The second kappa shape index (κ2) is 9.44. The molecule has 1 N–H and O–H groups in total. The van der Waals surface area contributed by atoms with Crippen LogP contribution in [-0.4, -0.2) is 20.8 Å². The van der Waals surface area contributed by atoms with Crippen LogP contribution in [0.4, 0.5) is 0 Å². The summed E-state index contributed by atoms with van der Waals surface area (Å²) in [5, 5.41) is 0. The van der Waals surface area contributed by atoms with Crippen LogP contribution in [0.1, 0.15) is 45.1 Å². The first-order chi connectivity index (χ1) is 10.0. The van der Waals surface area contributed by atoms with Gasteiger partial charge >= 0.3 is 0 Å². The topological polar surface area (TPSA) is 46.2 Å². The van der Waals surface area contributed by atoms with E-state index < -0.39 is 10.0 Å². The summed E-state index contributed by atoms with van der Waals surface area (Å²) in [7, 11) is -3.41. The molecule has 1 aromatic carbocycles. The quantitative estimate of drug-likeness (QED) is 0.659. The van der Waals surface area contributed by atoms with Crippen molar-refractivity contribution in [2.75, 3.05) is 12.4 Å². The Hall–Kier alpha value is -0.580. The van der Waals surface area contributed by atoms with Crippen molar-refractivity contribution in [3.63, 3.8) is 0 Å². The molecule has 0 spiro atoms. The Balaban J connectivity index is 2.63. The molecule has 0 fully saturated rings. The predicted octanol–water partition coefficient (Wildman–Crippen LogP) is 3.96. The third-order valence-electron chi connectivity index (χ3n) is 3.72. The van der Waals surface area contributed by atoms with Crippen molar-refractivity contribution >= 4 is 21.6 Å². The normalized spacial score (nSPS) is 13.3. The molecule has 1 atom stereocenters. The molecular weight excluding hydrogens is 306 g/mol. The molecule has 3 nitrogen and oxygen atoms in total. The lowest BCUT2D eigenvalue weighted by molar-refractivity contribution is 0.444. The van der Waals surface area contributed by atoms with E-state index >= 15 is 0 Å². The van der Waals surface area contributed by atoms with Crippen LogP contribution in [0.5, 0.6) is 0 Å². The molecule has 0 saturated heterocycles. The van der Waals surface area contributed by atoms with E-state index in [1.165, 1.54) is 0 Å². The highest BCUT2D eigenvalue weighted by atomic mass is 35.5. The fraction of sp³-hybridized carbons (Fsp3) is 0.625. The fourth-order valence-electron chi connectivity index (χ4n) is 2.20. The number of alkyl halides is 1. The van der Waals surface area contributed by atoms with E-state index in [2.05, 4.69) is 18.6 Å². The second-order valence-corrected chi connectivity index (χ2v) is 7.50. The van der Waals surface area contributed by atoms with Crippen LogP contribution in [0.25, 0.3) is 0 Å². The zero-order chi connectivity index (χ0) is 15.7. The maximum Gasteiger partial charge on any atom is 0.240 e. The smallest absolute Gasteiger partial charge is 0.211 e. The van der Waals surface area contributed by atoms with Gasteiger partial charge in [0.15, 0.2) is 0 Å². The van der Waals surface area contributed by atoms with Crippen LogP contribution in [0.15, 0.2) is 29.2 Å². The number of rotatable bonds is 10. The van der Waals surface area contributed by atoms with Crippen LogP contribution in [0.3, 0.4) is 0 Å². The van der Waals surface area contributed by atoms with Gasteiger partial charge in [0, 0.05) is 12.4 Å². The van der Waals surface area contributed by atoms with E-state index in [1.807, 2.05) is 12.1 Å². The summed E-state index contributed by atoms with van der Waals surface area (Å²) in [6.07, 6.45) is 5.12. The Morgan fingerprint density at radius 1 is 1.19 bits per heavy atom. The summed E-state index contributed by atoms with van der Waals surface area (Å²) in [6.45, 7) is 4.77. The van der Waals surface area contributed by atoms with Crippen molar-refractivity contribution in [3.8, 4) is 0 Å². The van der Waals surface area contributed by atoms with E-state index in [0.717, 1.165) is 37.7 Å². The molecule has 21 heavy (non-hydrogen) atoms. The van der Waals surface area contributed by atoms with Crippen LogP contribution in [0, 0.1) is 5.92 Å². The zero-order valence-corrected chi connectivity index (χ0v) is 14.5. The van der Waals surface area contributed by atoms with Gasteiger partial charge in [0.25, 0.3) is 0 Å². The van der Waals surface area contributed by atoms with Crippen molar-refractivity contribution < 1.29 is 8.42 Å². The van der Waals surface area contributed by atoms with Gasteiger partial charge in [0.05, 0.1) is 4.90 Å². The van der Waals surface area contributed by atoms with Gasteiger partial charge in [-0.3, -0.25) is 0 Å². The lowest BCUT2D eigenvalue weighted by atomic mass is 10.00. The average Bonchev–Trinajstić information content (AvgIpc) is 2.48. The van der Waals surface area contributed by atoms with E-state index in [-0.39, 0.29) is 0 Å². The van der Waals surface area contributed by atoms with E-state index in [9.17, 15) is 8.42 Å². The van der Waals surface area contributed by atoms with Crippen LogP contribution < -0.4 is 4.72 Å². The molecule has 0 bridgehead atoms. The molecule has 0 heterocycles. The SMILES string of the molecule is CCCCC(CC)CNS(=O)(=O)c1ccc(CCCl)cc1. The van der Waals surface area contributed by atoms with Crippen molar-refractivity contribution in [1.82, 2.24) is 4.72 Å². The van der Waals surface area contributed by atoms with Gasteiger partial charge in [0.1, 0.15) is 0 Å². The van der Waals surface area contributed by atoms with Gasteiger partial charge in [-0.25, -0.2) is 13.1 Å². The first kappa shape index (κ1) is 18.5. The Bertz CT molecular complexity index is 500. The third kappa shape index (κ3) is 6.37. The standard InChI is InChI=1S/C16H26ClNO2S/c1-3-5-6-14(4-2)13-18-21(19,20)16-9-7-15(8-10-16)11-12-17/h7-10,14,18H,3-6,11-13H2,1-2H3.